The van der Waals surface area contributed by atoms with Crippen LogP contribution in [0.2, 0.25) is 0 Å². The highest BCUT2D eigenvalue weighted by Gasteiger charge is 2.12. The molecule has 0 unspecified atom stereocenters. The fraction of sp³-hybridized carbons (Fsp3) is 0.294. The topological polar surface area (TPSA) is 29.5 Å². The first-order valence-corrected chi connectivity index (χ1v) is 6.47. The van der Waals surface area contributed by atoms with Crippen molar-refractivity contribution in [3.63, 3.8) is 0 Å². The summed E-state index contributed by atoms with van der Waals surface area (Å²) in [6.45, 7) is 7.05. The van der Waals surface area contributed by atoms with E-state index in [1.807, 2.05) is 6.07 Å². The molecular weight excluding hydrogens is 236 g/mol. The molecule has 0 aliphatic heterocycles. The van der Waals surface area contributed by atoms with Crippen LogP contribution in [0.1, 0.15) is 31.9 Å². The van der Waals surface area contributed by atoms with Gasteiger partial charge in [-0.3, -0.25) is 0 Å². The van der Waals surface area contributed by atoms with E-state index in [9.17, 15) is 5.11 Å². The summed E-state index contributed by atoms with van der Waals surface area (Å²) in [6, 6.07) is 15.4. The minimum absolute atomic E-state index is 0.164. The molecule has 0 atom stereocenters. The maximum atomic E-state index is 9.61. The number of ether oxygens (including phenoxy) is 1. The first-order chi connectivity index (χ1) is 8.97. The summed E-state index contributed by atoms with van der Waals surface area (Å²) in [7, 11) is 0. The molecule has 0 fully saturated rings. The zero-order valence-electron chi connectivity index (χ0n) is 11.7. The van der Waals surface area contributed by atoms with Crippen molar-refractivity contribution in [3.05, 3.63) is 59.7 Å². The van der Waals surface area contributed by atoms with Crippen LogP contribution in [0.15, 0.2) is 48.5 Å². The molecule has 0 amide bonds. The summed E-state index contributed by atoms with van der Waals surface area (Å²) in [6.07, 6.45) is 0. The molecular formula is C17H20O2. The summed E-state index contributed by atoms with van der Waals surface area (Å²) < 4.78 is 5.60. The van der Waals surface area contributed by atoms with Crippen LogP contribution in [-0.2, 0) is 12.0 Å². The van der Waals surface area contributed by atoms with Crippen LogP contribution in [0.25, 0.3) is 0 Å². The van der Waals surface area contributed by atoms with Gasteiger partial charge in [0.25, 0.3) is 0 Å². The predicted octanol–water partition coefficient (Wildman–Crippen LogP) is 4.27. The van der Waals surface area contributed by atoms with Gasteiger partial charge < -0.3 is 9.84 Å². The molecule has 2 nitrogen and oxygen atoms in total. The highest BCUT2D eigenvalue weighted by Crippen LogP contribution is 2.26. The fourth-order valence-electron chi connectivity index (χ4n) is 1.84. The maximum absolute atomic E-state index is 9.61. The molecule has 0 aliphatic rings. The van der Waals surface area contributed by atoms with E-state index in [-0.39, 0.29) is 11.2 Å². The van der Waals surface area contributed by atoms with Gasteiger partial charge in [0.05, 0.1) is 0 Å². The zero-order chi connectivity index (χ0) is 13.9. The minimum Gasteiger partial charge on any atom is -0.504 e. The van der Waals surface area contributed by atoms with Crippen LogP contribution in [0.5, 0.6) is 11.5 Å². The first kappa shape index (κ1) is 13.5. The number of para-hydroxylation sites is 2. The fourth-order valence-corrected chi connectivity index (χ4v) is 1.84. The van der Waals surface area contributed by atoms with Crippen molar-refractivity contribution in [2.75, 3.05) is 0 Å². The Hall–Kier alpha value is -1.96. The highest BCUT2D eigenvalue weighted by atomic mass is 16.5. The highest BCUT2D eigenvalue weighted by molar-refractivity contribution is 5.38. The van der Waals surface area contributed by atoms with Gasteiger partial charge in [0.1, 0.15) is 6.61 Å². The third kappa shape index (κ3) is 3.50. The lowest BCUT2D eigenvalue weighted by atomic mass is 9.87. The minimum atomic E-state index is 0.164. The molecule has 2 heteroatoms. The Balaban J connectivity index is 2.03. The SMILES string of the molecule is CC(C)(C)c1ccc(COc2ccccc2O)cc1. The van der Waals surface area contributed by atoms with E-state index >= 15 is 0 Å². The number of hydrogen-bond donors (Lipinski definition) is 1. The van der Waals surface area contributed by atoms with Crippen LogP contribution < -0.4 is 4.74 Å². The number of phenols is 1. The maximum Gasteiger partial charge on any atom is 0.161 e. The second-order valence-electron chi connectivity index (χ2n) is 5.70. The van der Waals surface area contributed by atoms with Gasteiger partial charge in [-0.2, -0.15) is 0 Å². The number of aromatic hydroxyl groups is 1. The standard InChI is InChI=1S/C17H20O2/c1-17(2,3)14-10-8-13(9-11-14)12-19-16-7-5-4-6-15(16)18/h4-11,18H,12H2,1-3H3. The van der Waals surface area contributed by atoms with E-state index in [0.717, 1.165) is 5.56 Å². The van der Waals surface area contributed by atoms with Gasteiger partial charge in [-0.1, -0.05) is 57.2 Å². The molecule has 0 aliphatic carbocycles. The molecule has 2 aromatic rings. The molecule has 0 aromatic heterocycles. The summed E-state index contributed by atoms with van der Waals surface area (Å²) >= 11 is 0. The molecule has 2 aromatic carbocycles. The van der Waals surface area contributed by atoms with Gasteiger partial charge >= 0.3 is 0 Å². The quantitative estimate of drug-likeness (QED) is 0.888. The van der Waals surface area contributed by atoms with E-state index in [0.29, 0.717) is 12.4 Å². The van der Waals surface area contributed by atoms with E-state index in [1.54, 1.807) is 18.2 Å². The van der Waals surface area contributed by atoms with E-state index in [2.05, 4.69) is 45.0 Å². The van der Waals surface area contributed by atoms with Gasteiger partial charge in [-0.05, 0) is 28.7 Å². The van der Waals surface area contributed by atoms with Crippen molar-refractivity contribution in [1.29, 1.82) is 0 Å². The second kappa shape index (κ2) is 5.35. The molecule has 0 saturated carbocycles. The third-order valence-electron chi connectivity index (χ3n) is 3.08. The second-order valence-corrected chi connectivity index (χ2v) is 5.70. The van der Waals surface area contributed by atoms with Crippen LogP contribution in [-0.4, -0.2) is 5.11 Å². The van der Waals surface area contributed by atoms with Crippen LogP contribution in [0.3, 0.4) is 0 Å². The molecule has 0 heterocycles. The molecule has 0 spiro atoms. The lowest BCUT2D eigenvalue weighted by molar-refractivity contribution is 0.289. The van der Waals surface area contributed by atoms with E-state index in [1.165, 1.54) is 5.56 Å². The summed E-state index contributed by atoms with van der Waals surface area (Å²) in [5, 5.41) is 9.61. The number of benzene rings is 2. The van der Waals surface area contributed by atoms with E-state index in [4.69, 9.17) is 4.74 Å². The largest absolute Gasteiger partial charge is 0.504 e. The lowest BCUT2D eigenvalue weighted by Crippen LogP contribution is -2.10. The Morgan fingerprint density at radius 2 is 1.58 bits per heavy atom. The smallest absolute Gasteiger partial charge is 0.161 e. The normalized spacial score (nSPS) is 11.3. The Morgan fingerprint density at radius 1 is 0.947 bits per heavy atom. The number of hydrogen-bond acceptors (Lipinski definition) is 2. The van der Waals surface area contributed by atoms with Crippen molar-refractivity contribution in [2.45, 2.75) is 32.8 Å². The average Bonchev–Trinajstić information content (AvgIpc) is 2.37. The van der Waals surface area contributed by atoms with Gasteiger partial charge in [0, 0.05) is 0 Å². The molecule has 1 N–H and O–H groups in total. The molecule has 100 valence electrons. The van der Waals surface area contributed by atoms with Gasteiger partial charge in [0.2, 0.25) is 0 Å². The number of rotatable bonds is 3. The summed E-state index contributed by atoms with van der Waals surface area (Å²) in [5.74, 6) is 0.691. The van der Waals surface area contributed by atoms with Crippen LogP contribution in [0, 0.1) is 0 Å². The van der Waals surface area contributed by atoms with Crippen molar-refractivity contribution in [2.24, 2.45) is 0 Å². The van der Waals surface area contributed by atoms with Gasteiger partial charge in [-0.25, -0.2) is 0 Å². The van der Waals surface area contributed by atoms with Crippen molar-refractivity contribution in [1.82, 2.24) is 0 Å². The summed E-state index contributed by atoms with van der Waals surface area (Å²) in [4.78, 5) is 0. The van der Waals surface area contributed by atoms with Crippen molar-refractivity contribution in [3.8, 4) is 11.5 Å². The lowest BCUT2D eigenvalue weighted by Gasteiger charge is -2.19. The predicted molar refractivity (Wildman–Crippen MR) is 77.6 cm³/mol. The Labute approximate surface area is 114 Å². The Bertz CT molecular complexity index is 536. The van der Waals surface area contributed by atoms with E-state index < -0.39 is 0 Å². The third-order valence-corrected chi connectivity index (χ3v) is 3.08. The van der Waals surface area contributed by atoms with Crippen molar-refractivity contribution >= 4 is 0 Å². The molecule has 0 bridgehead atoms. The summed E-state index contributed by atoms with van der Waals surface area (Å²) in [5.41, 5.74) is 2.56. The first-order valence-electron chi connectivity index (χ1n) is 6.47. The number of phenolic OH excluding ortho intramolecular Hbond substituents is 1. The molecule has 2 rings (SSSR count). The zero-order valence-corrected chi connectivity index (χ0v) is 11.7. The molecule has 0 radical (unpaired) electrons. The monoisotopic (exact) mass is 256 g/mol. The molecule has 0 saturated heterocycles. The van der Waals surface area contributed by atoms with Crippen LogP contribution >= 0.6 is 0 Å². The van der Waals surface area contributed by atoms with Crippen LogP contribution in [0.4, 0.5) is 0 Å². The van der Waals surface area contributed by atoms with Gasteiger partial charge in [-0.15, -0.1) is 0 Å². The van der Waals surface area contributed by atoms with Gasteiger partial charge in [0.15, 0.2) is 11.5 Å². The average molecular weight is 256 g/mol. The molecule has 19 heavy (non-hydrogen) atoms. The Kier molecular flexibility index (Phi) is 3.79. The van der Waals surface area contributed by atoms with Crippen molar-refractivity contribution < 1.29 is 9.84 Å². The Morgan fingerprint density at radius 3 is 2.16 bits per heavy atom.